The number of hydrogen-bond donors (Lipinski definition) is 1. The van der Waals surface area contributed by atoms with E-state index in [1.807, 2.05) is 42.5 Å². The van der Waals surface area contributed by atoms with Crippen molar-refractivity contribution in [2.24, 2.45) is 0 Å². The first-order valence-corrected chi connectivity index (χ1v) is 10.3. The van der Waals surface area contributed by atoms with Gasteiger partial charge in [0.2, 0.25) is 5.13 Å². The predicted molar refractivity (Wildman–Crippen MR) is 113 cm³/mol. The fourth-order valence-corrected chi connectivity index (χ4v) is 3.82. The van der Waals surface area contributed by atoms with Crippen LogP contribution in [0.15, 0.2) is 65.0 Å². The fraction of sp³-hybridized carbons (Fsp3) is 0.105. The summed E-state index contributed by atoms with van der Waals surface area (Å²) in [5, 5.41) is 21.8. The minimum Gasteiger partial charge on any atom is -0.477 e. The normalized spacial score (nSPS) is 10.8. The summed E-state index contributed by atoms with van der Waals surface area (Å²) in [4.78, 5) is 22.4. The van der Waals surface area contributed by atoms with Crippen molar-refractivity contribution < 1.29 is 14.5 Å². The van der Waals surface area contributed by atoms with Gasteiger partial charge in [0.15, 0.2) is 16.7 Å². The van der Waals surface area contributed by atoms with Crippen molar-refractivity contribution in [3.8, 4) is 5.75 Å². The van der Waals surface area contributed by atoms with Gasteiger partial charge in [0, 0.05) is 11.8 Å². The van der Waals surface area contributed by atoms with Crippen molar-refractivity contribution >= 4 is 45.9 Å². The first kappa shape index (κ1) is 20.5. The molecule has 0 bridgehead atoms. The Kier molecular flexibility index (Phi) is 7.31. The van der Waals surface area contributed by atoms with E-state index in [2.05, 4.69) is 15.5 Å². The van der Waals surface area contributed by atoms with Gasteiger partial charge in [0.05, 0.1) is 4.92 Å². The monoisotopic (exact) mass is 428 g/mol. The van der Waals surface area contributed by atoms with Crippen molar-refractivity contribution in [2.75, 3.05) is 17.7 Å². The Hall–Kier alpha value is -3.24. The zero-order valence-electron chi connectivity index (χ0n) is 15.1. The molecule has 0 aliphatic rings. The SMILES string of the molecule is O=C(COc1ccccc1[N+](=O)[O-])Nc1nnc(SCC=Cc2ccccc2)s1. The van der Waals surface area contributed by atoms with E-state index < -0.39 is 10.8 Å². The summed E-state index contributed by atoms with van der Waals surface area (Å²) in [6, 6.07) is 15.8. The summed E-state index contributed by atoms with van der Waals surface area (Å²) in [6.07, 6.45) is 4.05. The average molecular weight is 428 g/mol. The van der Waals surface area contributed by atoms with Crippen LogP contribution in [0.2, 0.25) is 0 Å². The molecule has 0 atom stereocenters. The third kappa shape index (κ3) is 6.40. The van der Waals surface area contributed by atoms with Crippen molar-refractivity contribution in [3.63, 3.8) is 0 Å². The number of rotatable bonds is 9. The highest BCUT2D eigenvalue weighted by atomic mass is 32.2. The molecule has 0 spiro atoms. The molecule has 0 aliphatic heterocycles. The lowest BCUT2D eigenvalue weighted by atomic mass is 10.2. The minimum atomic E-state index is -0.562. The van der Waals surface area contributed by atoms with Crippen LogP contribution < -0.4 is 10.1 Å². The third-order valence-corrected chi connectivity index (χ3v) is 5.41. The van der Waals surface area contributed by atoms with Gasteiger partial charge in [-0.05, 0) is 11.6 Å². The molecule has 148 valence electrons. The lowest BCUT2D eigenvalue weighted by molar-refractivity contribution is -0.385. The molecule has 0 fully saturated rings. The maximum Gasteiger partial charge on any atom is 0.310 e. The predicted octanol–water partition coefficient (Wildman–Crippen LogP) is 4.27. The van der Waals surface area contributed by atoms with Crippen LogP contribution in [-0.2, 0) is 4.79 Å². The van der Waals surface area contributed by atoms with E-state index in [-0.39, 0.29) is 18.0 Å². The Balaban J connectivity index is 1.45. The fourth-order valence-electron chi connectivity index (χ4n) is 2.22. The molecule has 1 aromatic heterocycles. The molecule has 1 amide bonds. The van der Waals surface area contributed by atoms with Crippen molar-refractivity contribution in [1.82, 2.24) is 10.2 Å². The number of carbonyl (C=O) groups is 1. The van der Waals surface area contributed by atoms with Crippen LogP contribution >= 0.6 is 23.1 Å². The van der Waals surface area contributed by atoms with E-state index in [9.17, 15) is 14.9 Å². The lowest BCUT2D eigenvalue weighted by Crippen LogP contribution is -2.20. The first-order chi connectivity index (χ1) is 14.1. The van der Waals surface area contributed by atoms with E-state index in [0.717, 1.165) is 15.7 Å². The number of benzene rings is 2. The zero-order valence-corrected chi connectivity index (χ0v) is 16.7. The zero-order chi connectivity index (χ0) is 20.5. The Morgan fingerprint density at radius 3 is 2.72 bits per heavy atom. The number of nitro benzene ring substituents is 1. The number of carbonyl (C=O) groups excluding carboxylic acids is 1. The van der Waals surface area contributed by atoms with Crippen LogP contribution in [0.25, 0.3) is 6.08 Å². The largest absolute Gasteiger partial charge is 0.477 e. The maximum absolute atomic E-state index is 12.0. The van der Waals surface area contributed by atoms with Crippen LogP contribution in [0.4, 0.5) is 10.8 Å². The molecule has 2 aromatic carbocycles. The number of ether oxygens (including phenoxy) is 1. The van der Waals surface area contributed by atoms with Gasteiger partial charge in [-0.1, -0.05) is 77.7 Å². The van der Waals surface area contributed by atoms with E-state index >= 15 is 0 Å². The molecule has 0 saturated heterocycles. The Labute approximate surface area is 174 Å². The van der Waals surface area contributed by atoms with E-state index in [1.54, 1.807) is 6.07 Å². The molecule has 29 heavy (non-hydrogen) atoms. The van der Waals surface area contributed by atoms with Crippen LogP contribution in [-0.4, -0.2) is 33.4 Å². The van der Waals surface area contributed by atoms with Crippen molar-refractivity contribution in [3.05, 3.63) is 76.4 Å². The second-order valence-corrected chi connectivity index (χ2v) is 7.80. The molecule has 0 aliphatic carbocycles. The van der Waals surface area contributed by atoms with Crippen LogP contribution in [0, 0.1) is 10.1 Å². The van der Waals surface area contributed by atoms with Gasteiger partial charge in [-0.25, -0.2) is 0 Å². The van der Waals surface area contributed by atoms with Gasteiger partial charge in [0.25, 0.3) is 5.91 Å². The molecule has 0 unspecified atom stereocenters. The van der Waals surface area contributed by atoms with E-state index in [0.29, 0.717) is 5.13 Å². The van der Waals surface area contributed by atoms with Crippen LogP contribution in [0.5, 0.6) is 5.75 Å². The topological polar surface area (TPSA) is 107 Å². The Morgan fingerprint density at radius 1 is 1.17 bits per heavy atom. The molecular formula is C19H16N4O4S2. The van der Waals surface area contributed by atoms with Crippen molar-refractivity contribution in [2.45, 2.75) is 4.34 Å². The van der Waals surface area contributed by atoms with Gasteiger partial charge < -0.3 is 4.74 Å². The molecule has 10 heteroatoms. The van der Waals surface area contributed by atoms with E-state index in [1.165, 1.54) is 41.3 Å². The molecule has 8 nitrogen and oxygen atoms in total. The maximum atomic E-state index is 12.0. The number of para-hydroxylation sites is 2. The lowest BCUT2D eigenvalue weighted by Gasteiger charge is -2.05. The Morgan fingerprint density at radius 2 is 1.93 bits per heavy atom. The molecule has 1 heterocycles. The smallest absolute Gasteiger partial charge is 0.310 e. The molecule has 3 rings (SSSR count). The number of amides is 1. The number of nitrogens with one attached hydrogen (secondary N) is 1. The van der Waals surface area contributed by atoms with Crippen LogP contribution in [0.1, 0.15) is 5.56 Å². The van der Waals surface area contributed by atoms with E-state index in [4.69, 9.17) is 4.74 Å². The number of nitro groups is 1. The van der Waals surface area contributed by atoms with Gasteiger partial charge in [0.1, 0.15) is 0 Å². The Bertz CT molecular complexity index is 1010. The number of hydrogen-bond acceptors (Lipinski definition) is 8. The summed E-state index contributed by atoms with van der Waals surface area (Å²) < 4.78 is 5.97. The summed E-state index contributed by atoms with van der Waals surface area (Å²) in [5.41, 5.74) is 0.926. The second kappa shape index (κ2) is 10.3. The highest BCUT2D eigenvalue weighted by Crippen LogP contribution is 2.27. The number of nitrogens with zero attached hydrogens (tertiary/aromatic N) is 3. The second-order valence-electron chi connectivity index (χ2n) is 5.56. The number of anilines is 1. The third-order valence-electron chi connectivity index (χ3n) is 3.49. The average Bonchev–Trinajstić information content (AvgIpc) is 3.17. The van der Waals surface area contributed by atoms with Gasteiger partial charge in [-0.3, -0.25) is 20.2 Å². The molecule has 1 N–H and O–H groups in total. The highest BCUT2D eigenvalue weighted by Gasteiger charge is 2.15. The summed E-state index contributed by atoms with van der Waals surface area (Å²) in [7, 11) is 0. The molecule has 0 radical (unpaired) electrons. The first-order valence-electron chi connectivity index (χ1n) is 8.46. The van der Waals surface area contributed by atoms with Gasteiger partial charge in [-0.2, -0.15) is 0 Å². The van der Waals surface area contributed by atoms with Crippen LogP contribution in [0.3, 0.4) is 0 Å². The van der Waals surface area contributed by atoms with Gasteiger partial charge in [-0.15, -0.1) is 10.2 Å². The highest BCUT2D eigenvalue weighted by molar-refractivity contribution is 8.01. The number of aromatic nitrogens is 2. The minimum absolute atomic E-state index is 0.0337. The molecule has 0 saturated carbocycles. The standard InChI is InChI=1S/C19H16N4O4S2/c24-17(13-27-16-11-5-4-10-15(16)23(25)26)20-18-21-22-19(29-18)28-12-6-9-14-7-2-1-3-8-14/h1-11H,12-13H2,(H,20,21,24). The summed E-state index contributed by atoms with van der Waals surface area (Å²) in [5.74, 6) is 0.282. The quantitative estimate of drug-likeness (QED) is 0.235. The molecular weight excluding hydrogens is 412 g/mol. The number of thioether (sulfide) groups is 1. The summed E-state index contributed by atoms with van der Waals surface area (Å²) >= 11 is 2.75. The van der Waals surface area contributed by atoms with Crippen molar-refractivity contribution in [1.29, 1.82) is 0 Å². The molecule has 3 aromatic rings. The van der Waals surface area contributed by atoms with Gasteiger partial charge >= 0.3 is 5.69 Å². The summed E-state index contributed by atoms with van der Waals surface area (Å²) in [6.45, 7) is -0.368.